The summed E-state index contributed by atoms with van der Waals surface area (Å²) in [5.41, 5.74) is 3.27. The van der Waals surface area contributed by atoms with Gasteiger partial charge in [-0.3, -0.25) is 0 Å². The molecule has 0 bridgehead atoms. The molecule has 0 spiro atoms. The molecule has 0 radical (unpaired) electrons. The second-order valence-electron chi connectivity index (χ2n) is 2.54. The second kappa shape index (κ2) is 1.43. The van der Waals surface area contributed by atoms with Gasteiger partial charge in [0.05, 0.1) is 6.04 Å². The highest BCUT2D eigenvalue weighted by Crippen LogP contribution is 2.20. The van der Waals surface area contributed by atoms with E-state index in [-0.39, 0.29) is 0 Å². The number of hydrogen-bond donors (Lipinski definition) is 1. The quantitative estimate of drug-likeness (QED) is 0.453. The van der Waals surface area contributed by atoms with E-state index in [0.29, 0.717) is 0 Å². The molecule has 0 amide bonds. The molecule has 8 heavy (non-hydrogen) atoms. The monoisotopic (exact) mass is 113 g/mol. The van der Waals surface area contributed by atoms with E-state index in [1.54, 1.807) is 0 Å². The number of rotatable bonds is 0. The number of likely N-dealkylation sites (N-methyl/N-ethyl adjacent to an activating group) is 1. The topological polar surface area (TPSA) is 18.5 Å². The molecule has 2 rings (SSSR count). The van der Waals surface area contributed by atoms with E-state index in [1.807, 2.05) is 0 Å². The van der Waals surface area contributed by atoms with Gasteiger partial charge >= 0.3 is 0 Å². The lowest BCUT2D eigenvalue weighted by Crippen LogP contribution is -2.62. The number of hydrazine groups is 2. The Balaban J connectivity index is 2.02. The van der Waals surface area contributed by atoms with Crippen LogP contribution < -0.4 is 5.43 Å². The van der Waals surface area contributed by atoms with Gasteiger partial charge in [0.25, 0.3) is 0 Å². The third kappa shape index (κ3) is 0.438. The van der Waals surface area contributed by atoms with Crippen LogP contribution in [-0.4, -0.2) is 36.3 Å². The highest BCUT2D eigenvalue weighted by molar-refractivity contribution is 4.83. The van der Waals surface area contributed by atoms with Crippen molar-refractivity contribution in [2.75, 3.05) is 20.1 Å². The van der Waals surface area contributed by atoms with Gasteiger partial charge < -0.3 is 0 Å². The van der Waals surface area contributed by atoms with Crippen molar-refractivity contribution < 1.29 is 0 Å². The van der Waals surface area contributed by atoms with Gasteiger partial charge in [0, 0.05) is 20.1 Å². The van der Waals surface area contributed by atoms with Crippen molar-refractivity contribution in [2.24, 2.45) is 0 Å². The Hall–Kier alpha value is -0.120. The van der Waals surface area contributed by atoms with Crippen molar-refractivity contribution in [3.8, 4) is 0 Å². The predicted molar refractivity (Wildman–Crippen MR) is 30.9 cm³/mol. The van der Waals surface area contributed by atoms with Gasteiger partial charge in [-0.2, -0.15) is 5.12 Å². The van der Waals surface area contributed by atoms with Gasteiger partial charge in [0.1, 0.15) is 0 Å². The van der Waals surface area contributed by atoms with Gasteiger partial charge in [-0.15, -0.1) is 0 Å². The first-order valence-corrected chi connectivity index (χ1v) is 3.12. The van der Waals surface area contributed by atoms with Crippen LogP contribution in [0, 0.1) is 0 Å². The van der Waals surface area contributed by atoms with Crippen LogP contribution in [0.15, 0.2) is 0 Å². The maximum absolute atomic E-state index is 3.27. The molecule has 1 N–H and O–H groups in total. The third-order valence-corrected chi connectivity index (χ3v) is 1.94. The maximum atomic E-state index is 3.27. The number of hydrogen-bond acceptors (Lipinski definition) is 3. The van der Waals surface area contributed by atoms with Gasteiger partial charge in [0.15, 0.2) is 0 Å². The highest BCUT2D eigenvalue weighted by atomic mass is 15.9. The minimum absolute atomic E-state index is 0.819. The van der Waals surface area contributed by atoms with Crippen molar-refractivity contribution in [3.63, 3.8) is 0 Å². The van der Waals surface area contributed by atoms with Crippen molar-refractivity contribution in [2.45, 2.75) is 12.5 Å². The fourth-order valence-corrected chi connectivity index (χ4v) is 1.46. The molecular formula is C5H11N3. The summed E-state index contributed by atoms with van der Waals surface area (Å²) in [4.78, 5) is 0. The van der Waals surface area contributed by atoms with Crippen LogP contribution in [0.4, 0.5) is 0 Å². The fraction of sp³-hybridized carbons (Fsp3) is 1.00. The summed E-state index contributed by atoms with van der Waals surface area (Å²) in [6, 6.07) is 0.819. The average molecular weight is 113 g/mol. The van der Waals surface area contributed by atoms with Crippen LogP contribution in [0.1, 0.15) is 6.42 Å². The largest absolute Gasteiger partial charge is 0.241 e. The first-order valence-electron chi connectivity index (χ1n) is 3.12. The number of nitrogens with one attached hydrogen (secondary N) is 1. The molecule has 2 aliphatic rings. The molecule has 0 aromatic rings. The smallest absolute Gasteiger partial charge is 0.0556 e. The molecule has 3 nitrogen and oxygen atoms in total. The van der Waals surface area contributed by atoms with Crippen molar-refractivity contribution in [1.82, 2.24) is 15.6 Å². The van der Waals surface area contributed by atoms with E-state index in [0.717, 1.165) is 12.6 Å². The van der Waals surface area contributed by atoms with Crippen molar-refractivity contribution >= 4 is 0 Å². The summed E-state index contributed by atoms with van der Waals surface area (Å²) in [5.74, 6) is 0. The summed E-state index contributed by atoms with van der Waals surface area (Å²) in [5, 5.41) is 4.41. The zero-order valence-electron chi connectivity index (χ0n) is 5.09. The van der Waals surface area contributed by atoms with Crippen LogP contribution >= 0.6 is 0 Å². The summed E-state index contributed by atoms with van der Waals surface area (Å²) >= 11 is 0. The van der Waals surface area contributed by atoms with Gasteiger partial charge in [-0.25, -0.2) is 10.4 Å². The first kappa shape index (κ1) is 4.73. The summed E-state index contributed by atoms with van der Waals surface area (Å²) in [6.45, 7) is 2.40. The first-order chi connectivity index (χ1) is 3.88. The standard InChI is InChI=1S/C5H11N3/c1-7-4-5-2-3-6-8(5)7/h5-6H,2-4H2,1H3. The van der Waals surface area contributed by atoms with E-state index in [2.05, 4.69) is 22.6 Å². The molecule has 1 unspecified atom stereocenters. The molecular weight excluding hydrogens is 102 g/mol. The van der Waals surface area contributed by atoms with E-state index in [1.165, 1.54) is 13.0 Å². The molecule has 2 fully saturated rings. The number of nitrogens with zero attached hydrogens (tertiary/aromatic N) is 2. The van der Waals surface area contributed by atoms with E-state index in [4.69, 9.17) is 0 Å². The predicted octanol–water partition coefficient (Wildman–Crippen LogP) is -0.574. The van der Waals surface area contributed by atoms with Crippen LogP contribution in [0.3, 0.4) is 0 Å². The van der Waals surface area contributed by atoms with Crippen LogP contribution in [0.25, 0.3) is 0 Å². The van der Waals surface area contributed by atoms with Gasteiger partial charge in [-0.05, 0) is 6.42 Å². The van der Waals surface area contributed by atoms with E-state index < -0.39 is 0 Å². The molecule has 2 saturated heterocycles. The molecule has 1 atom stereocenters. The minimum Gasteiger partial charge on any atom is -0.241 e. The van der Waals surface area contributed by atoms with Crippen molar-refractivity contribution in [1.29, 1.82) is 0 Å². The Morgan fingerprint density at radius 3 is 3.00 bits per heavy atom. The molecule has 0 aliphatic carbocycles. The van der Waals surface area contributed by atoms with Crippen LogP contribution in [0.5, 0.6) is 0 Å². The second-order valence-corrected chi connectivity index (χ2v) is 2.54. The molecule has 2 aliphatic heterocycles. The third-order valence-electron chi connectivity index (χ3n) is 1.94. The van der Waals surface area contributed by atoms with Crippen LogP contribution in [-0.2, 0) is 0 Å². The Morgan fingerprint density at radius 1 is 1.62 bits per heavy atom. The SMILES string of the molecule is CN1CC2CCNN21. The molecule has 46 valence electrons. The van der Waals surface area contributed by atoms with E-state index in [9.17, 15) is 0 Å². The van der Waals surface area contributed by atoms with Crippen molar-refractivity contribution in [3.05, 3.63) is 0 Å². The molecule has 0 saturated carbocycles. The van der Waals surface area contributed by atoms with Gasteiger partial charge in [-0.1, -0.05) is 0 Å². The molecule has 2 heterocycles. The minimum atomic E-state index is 0.819. The van der Waals surface area contributed by atoms with Crippen LogP contribution in [0.2, 0.25) is 0 Å². The lowest BCUT2D eigenvalue weighted by molar-refractivity contribution is -0.150. The maximum Gasteiger partial charge on any atom is 0.0556 e. The summed E-state index contributed by atoms with van der Waals surface area (Å²) < 4.78 is 0. The average Bonchev–Trinajstić information content (AvgIpc) is 2.09. The fourth-order valence-electron chi connectivity index (χ4n) is 1.46. The zero-order valence-corrected chi connectivity index (χ0v) is 5.09. The molecule has 0 aromatic heterocycles. The molecule has 3 heteroatoms. The Labute approximate surface area is 49.2 Å². The lowest BCUT2D eigenvalue weighted by atomic mass is 10.2. The van der Waals surface area contributed by atoms with Gasteiger partial charge in [0.2, 0.25) is 0 Å². The normalized spacial score (nSPS) is 39.4. The summed E-state index contributed by atoms with van der Waals surface area (Å²) in [7, 11) is 2.11. The molecule has 0 aromatic carbocycles. The summed E-state index contributed by atoms with van der Waals surface area (Å²) in [6.07, 6.45) is 1.32. The Kier molecular flexibility index (Phi) is 0.848. The lowest BCUT2D eigenvalue weighted by Gasteiger charge is -2.43. The highest BCUT2D eigenvalue weighted by Gasteiger charge is 2.37. The van der Waals surface area contributed by atoms with E-state index >= 15 is 0 Å². The Bertz CT molecular complexity index is 104. The Morgan fingerprint density at radius 2 is 2.50 bits per heavy atom. The number of fused-ring (bicyclic) bond motifs is 1. The zero-order chi connectivity index (χ0) is 5.56.